The van der Waals surface area contributed by atoms with Crippen molar-refractivity contribution in [3.8, 4) is 17.2 Å². The third kappa shape index (κ3) is 5.35. The van der Waals surface area contributed by atoms with Gasteiger partial charge in [0.1, 0.15) is 19.0 Å². The number of hydrogen-bond donors (Lipinski definition) is 1. The Morgan fingerprint density at radius 1 is 0.875 bits per heavy atom. The summed E-state index contributed by atoms with van der Waals surface area (Å²) in [4.78, 5) is 24.9. The molecule has 0 bridgehead atoms. The number of halogens is 2. The molecule has 32 heavy (non-hydrogen) atoms. The molecule has 4 rings (SSSR count). The number of hydrazone groups is 1. The molecular weight excluding hydrogens is 544 g/mol. The summed E-state index contributed by atoms with van der Waals surface area (Å²) in [5.74, 6) is 0.500. The van der Waals surface area contributed by atoms with Gasteiger partial charge in [-0.3, -0.25) is 4.79 Å². The highest BCUT2D eigenvalue weighted by Crippen LogP contribution is 2.30. The molecule has 162 valence electrons. The van der Waals surface area contributed by atoms with Crippen molar-refractivity contribution in [2.24, 2.45) is 5.10 Å². The Morgan fingerprint density at radius 2 is 1.56 bits per heavy atom. The Balaban J connectivity index is 1.46. The zero-order valence-corrected chi connectivity index (χ0v) is 19.7. The van der Waals surface area contributed by atoms with Crippen LogP contribution in [0.15, 0.2) is 74.7 Å². The summed E-state index contributed by atoms with van der Waals surface area (Å²) in [6.07, 6.45) is 1.41. The number of carbonyl (C=O) groups excluding carboxylic acids is 2. The fourth-order valence-electron chi connectivity index (χ4n) is 2.87. The van der Waals surface area contributed by atoms with Gasteiger partial charge in [-0.25, -0.2) is 10.2 Å². The number of nitrogens with one attached hydrogen (secondary N) is 1. The molecular formula is C23H16Br2N2O5. The second-order valence-corrected chi connectivity index (χ2v) is 8.47. The van der Waals surface area contributed by atoms with Crippen LogP contribution >= 0.6 is 31.9 Å². The third-order valence-electron chi connectivity index (χ3n) is 4.43. The summed E-state index contributed by atoms with van der Waals surface area (Å²) in [5, 5.41) is 4.01. The molecule has 0 saturated heterocycles. The van der Waals surface area contributed by atoms with Crippen LogP contribution in [0.1, 0.15) is 26.3 Å². The minimum Gasteiger partial charge on any atom is -0.486 e. The van der Waals surface area contributed by atoms with Gasteiger partial charge in [-0.15, -0.1) is 0 Å². The van der Waals surface area contributed by atoms with Gasteiger partial charge in [-0.2, -0.15) is 5.10 Å². The van der Waals surface area contributed by atoms with Gasteiger partial charge in [0.25, 0.3) is 5.91 Å². The quantitative estimate of drug-likeness (QED) is 0.206. The summed E-state index contributed by atoms with van der Waals surface area (Å²) in [6.45, 7) is 0.908. The molecule has 0 radical (unpaired) electrons. The molecule has 0 spiro atoms. The van der Waals surface area contributed by atoms with E-state index in [2.05, 4.69) is 42.4 Å². The van der Waals surface area contributed by atoms with Crippen LogP contribution in [-0.2, 0) is 0 Å². The van der Waals surface area contributed by atoms with Crippen molar-refractivity contribution in [1.29, 1.82) is 0 Å². The normalized spacial score (nSPS) is 12.4. The van der Waals surface area contributed by atoms with Gasteiger partial charge in [0.2, 0.25) is 0 Å². The van der Waals surface area contributed by atoms with E-state index >= 15 is 0 Å². The molecule has 0 saturated carbocycles. The number of esters is 1. The summed E-state index contributed by atoms with van der Waals surface area (Å²) in [5.41, 5.74) is 3.76. The highest BCUT2D eigenvalue weighted by molar-refractivity contribution is 9.10. The van der Waals surface area contributed by atoms with Gasteiger partial charge in [0.15, 0.2) is 11.5 Å². The predicted octanol–water partition coefficient (Wildman–Crippen LogP) is 4.97. The summed E-state index contributed by atoms with van der Waals surface area (Å²) < 4.78 is 18.1. The first-order chi connectivity index (χ1) is 15.5. The van der Waals surface area contributed by atoms with E-state index in [0.29, 0.717) is 47.2 Å². The van der Waals surface area contributed by atoms with E-state index in [1.54, 1.807) is 60.7 Å². The second-order valence-electron chi connectivity index (χ2n) is 6.64. The Hall–Kier alpha value is -3.17. The number of ether oxygens (including phenoxy) is 3. The van der Waals surface area contributed by atoms with E-state index in [-0.39, 0.29) is 0 Å². The molecule has 1 aliphatic rings. The van der Waals surface area contributed by atoms with Gasteiger partial charge in [0, 0.05) is 20.1 Å². The SMILES string of the molecule is O=C(N/N=C\c1cc(Br)ccc1OC(=O)c1ccc(Br)cc1)c1ccc2c(c1)OCCO2. The molecule has 1 N–H and O–H groups in total. The Bertz CT molecular complexity index is 1200. The van der Waals surface area contributed by atoms with Crippen LogP contribution in [0.25, 0.3) is 0 Å². The molecule has 0 aromatic heterocycles. The highest BCUT2D eigenvalue weighted by atomic mass is 79.9. The fourth-order valence-corrected chi connectivity index (χ4v) is 3.51. The van der Waals surface area contributed by atoms with Crippen LogP contribution in [0.2, 0.25) is 0 Å². The zero-order valence-electron chi connectivity index (χ0n) is 16.5. The molecule has 1 heterocycles. The Morgan fingerprint density at radius 3 is 2.34 bits per heavy atom. The van der Waals surface area contributed by atoms with Gasteiger partial charge in [0.05, 0.1) is 11.8 Å². The van der Waals surface area contributed by atoms with Crippen LogP contribution < -0.4 is 19.6 Å². The van der Waals surface area contributed by atoms with E-state index in [9.17, 15) is 9.59 Å². The van der Waals surface area contributed by atoms with Crippen molar-refractivity contribution in [1.82, 2.24) is 5.43 Å². The van der Waals surface area contributed by atoms with Crippen LogP contribution in [0, 0.1) is 0 Å². The van der Waals surface area contributed by atoms with E-state index < -0.39 is 11.9 Å². The number of fused-ring (bicyclic) bond motifs is 1. The smallest absolute Gasteiger partial charge is 0.343 e. The summed E-state index contributed by atoms with van der Waals surface area (Å²) in [7, 11) is 0. The van der Waals surface area contributed by atoms with E-state index in [1.807, 2.05) is 0 Å². The molecule has 9 heteroatoms. The maximum absolute atomic E-state index is 12.5. The van der Waals surface area contributed by atoms with Crippen LogP contribution in [0.3, 0.4) is 0 Å². The largest absolute Gasteiger partial charge is 0.486 e. The zero-order chi connectivity index (χ0) is 22.5. The minimum atomic E-state index is -0.505. The first kappa shape index (κ1) is 22.0. The molecule has 7 nitrogen and oxygen atoms in total. The lowest BCUT2D eigenvalue weighted by Crippen LogP contribution is -2.19. The number of benzene rings is 3. The van der Waals surface area contributed by atoms with E-state index in [0.717, 1.165) is 8.95 Å². The van der Waals surface area contributed by atoms with Crippen LogP contribution in [-0.4, -0.2) is 31.3 Å². The Labute approximate surface area is 200 Å². The molecule has 3 aromatic rings. The number of carbonyl (C=O) groups is 2. The van der Waals surface area contributed by atoms with Crippen molar-refractivity contribution >= 4 is 50.0 Å². The molecule has 0 atom stereocenters. The molecule has 0 fully saturated rings. The molecule has 0 aliphatic carbocycles. The number of nitrogens with zero attached hydrogens (tertiary/aromatic N) is 1. The number of hydrogen-bond acceptors (Lipinski definition) is 6. The lowest BCUT2D eigenvalue weighted by molar-refractivity contribution is 0.0734. The number of rotatable bonds is 5. The average Bonchev–Trinajstić information content (AvgIpc) is 2.80. The monoisotopic (exact) mass is 558 g/mol. The van der Waals surface area contributed by atoms with Gasteiger partial charge < -0.3 is 14.2 Å². The Kier molecular flexibility index (Phi) is 6.87. The van der Waals surface area contributed by atoms with Crippen molar-refractivity contribution in [2.75, 3.05) is 13.2 Å². The first-order valence-corrected chi connectivity index (χ1v) is 11.1. The maximum atomic E-state index is 12.5. The lowest BCUT2D eigenvalue weighted by atomic mass is 10.2. The minimum absolute atomic E-state index is 0.304. The second kappa shape index (κ2) is 9.97. The van der Waals surface area contributed by atoms with Gasteiger partial charge in [-0.1, -0.05) is 31.9 Å². The fraction of sp³-hybridized carbons (Fsp3) is 0.0870. The standard InChI is InChI=1S/C23H16Br2N2O5/c24-17-4-1-14(2-5-17)23(29)32-19-8-6-18(25)11-16(19)13-26-27-22(28)15-3-7-20-21(12-15)31-10-9-30-20/h1-8,11-13H,9-10H2,(H,27,28)/b26-13-. The van der Waals surface area contributed by atoms with Crippen molar-refractivity contribution in [3.63, 3.8) is 0 Å². The summed E-state index contributed by atoms with van der Waals surface area (Å²) >= 11 is 6.72. The topological polar surface area (TPSA) is 86.2 Å². The maximum Gasteiger partial charge on any atom is 0.343 e. The molecule has 0 unspecified atom stereocenters. The predicted molar refractivity (Wildman–Crippen MR) is 126 cm³/mol. The number of amides is 1. The highest BCUT2D eigenvalue weighted by Gasteiger charge is 2.15. The molecule has 1 aliphatic heterocycles. The molecule has 1 amide bonds. The lowest BCUT2D eigenvalue weighted by Gasteiger charge is -2.18. The van der Waals surface area contributed by atoms with Gasteiger partial charge in [-0.05, 0) is 60.7 Å². The summed E-state index contributed by atoms with van der Waals surface area (Å²) in [6, 6.07) is 16.9. The van der Waals surface area contributed by atoms with Crippen molar-refractivity contribution in [3.05, 3.63) is 86.3 Å². The van der Waals surface area contributed by atoms with Crippen LogP contribution in [0.5, 0.6) is 17.2 Å². The average molecular weight is 560 g/mol. The van der Waals surface area contributed by atoms with Gasteiger partial charge >= 0.3 is 5.97 Å². The van der Waals surface area contributed by atoms with Crippen molar-refractivity contribution in [2.45, 2.75) is 0 Å². The molecule has 3 aromatic carbocycles. The van der Waals surface area contributed by atoms with Crippen LogP contribution in [0.4, 0.5) is 0 Å². The third-order valence-corrected chi connectivity index (χ3v) is 5.45. The van der Waals surface area contributed by atoms with Crippen molar-refractivity contribution < 1.29 is 23.8 Å². The van der Waals surface area contributed by atoms with E-state index in [4.69, 9.17) is 14.2 Å². The van der Waals surface area contributed by atoms with E-state index in [1.165, 1.54) is 6.21 Å². The first-order valence-electron chi connectivity index (χ1n) is 9.50.